The number of sulfonamides is 1. The molecule has 0 aromatic heterocycles. The molecular weight excluding hydrogens is 446 g/mol. The van der Waals surface area contributed by atoms with E-state index < -0.39 is 34.4 Å². The summed E-state index contributed by atoms with van der Waals surface area (Å²) in [6, 6.07) is 15.5. The van der Waals surface area contributed by atoms with Crippen LogP contribution in [0.25, 0.3) is 0 Å². The van der Waals surface area contributed by atoms with E-state index in [1.165, 1.54) is 12.1 Å². The van der Waals surface area contributed by atoms with E-state index in [1.807, 2.05) is 24.3 Å². The van der Waals surface area contributed by atoms with E-state index in [1.54, 1.807) is 25.3 Å². The summed E-state index contributed by atoms with van der Waals surface area (Å²) < 4.78 is 39.3. The van der Waals surface area contributed by atoms with Crippen molar-refractivity contribution < 1.29 is 28.1 Å². The Balaban J connectivity index is 1.44. The molecule has 3 N–H and O–H groups in total. The highest BCUT2D eigenvalue weighted by Crippen LogP contribution is 2.31. The predicted molar refractivity (Wildman–Crippen MR) is 124 cm³/mol. The SMILES string of the molecule is COc1ccccc1N1CCN(C2C(CNS(=O)(=O)c3ccccc3)OC(CO)C2O)CC1. The molecular formula is C23H31N3O6S. The average molecular weight is 478 g/mol. The second-order valence-corrected chi connectivity index (χ2v) is 10.0. The number of hydrogen-bond acceptors (Lipinski definition) is 8. The van der Waals surface area contributed by atoms with Crippen LogP contribution in [-0.4, -0.2) is 94.3 Å². The summed E-state index contributed by atoms with van der Waals surface area (Å²) in [5.74, 6) is 0.809. The van der Waals surface area contributed by atoms with Gasteiger partial charge in [-0.05, 0) is 24.3 Å². The third kappa shape index (κ3) is 5.16. The predicted octanol–water partition coefficient (Wildman–Crippen LogP) is 0.285. The zero-order valence-electron chi connectivity index (χ0n) is 18.6. The van der Waals surface area contributed by atoms with Gasteiger partial charge in [-0.3, -0.25) is 4.90 Å². The standard InChI is InChI=1S/C23H31N3O6S/c1-31-19-10-6-5-9-18(19)25-11-13-26(14-12-25)22-20(32-21(16-27)23(22)28)15-24-33(29,30)17-7-3-2-4-8-17/h2-10,20-24,27-28H,11-16H2,1H3. The maximum atomic E-state index is 12.7. The molecule has 0 spiro atoms. The fraction of sp³-hybridized carbons (Fsp3) is 0.478. The maximum absolute atomic E-state index is 12.7. The van der Waals surface area contributed by atoms with E-state index in [0.29, 0.717) is 13.1 Å². The molecule has 33 heavy (non-hydrogen) atoms. The topological polar surface area (TPSA) is 112 Å². The van der Waals surface area contributed by atoms with Crippen molar-refractivity contribution in [2.24, 2.45) is 0 Å². The average Bonchev–Trinajstić information content (AvgIpc) is 3.18. The Morgan fingerprint density at radius 1 is 1.03 bits per heavy atom. The molecule has 2 aromatic carbocycles. The molecule has 9 nitrogen and oxygen atoms in total. The van der Waals surface area contributed by atoms with E-state index in [4.69, 9.17) is 9.47 Å². The van der Waals surface area contributed by atoms with Crippen LogP contribution in [0.1, 0.15) is 0 Å². The van der Waals surface area contributed by atoms with Crippen LogP contribution in [0.15, 0.2) is 59.5 Å². The van der Waals surface area contributed by atoms with Crippen LogP contribution in [0.5, 0.6) is 5.75 Å². The lowest BCUT2D eigenvalue weighted by atomic mass is 10.0. The Morgan fingerprint density at radius 3 is 2.36 bits per heavy atom. The quantitative estimate of drug-likeness (QED) is 0.497. The minimum Gasteiger partial charge on any atom is -0.495 e. The number of rotatable bonds is 8. The van der Waals surface area contributed by atoms with Crippen molar-refractivity contribution in [2.45, 2.75) is 29.2 Å². The van der Waals surface area contributed by atoms with Crippen molar-refractivity contribution in [2.75, 3.05) is 51.3 Å². The molecule has 0 radical (unpaired) electrons. The van der Waals surface area contributed by atoms with Crippen LogP contribution in [-0.2, 0) is 14.8 Å². The molecule has 10 heteroatoms. The largest absolute Gasteiger partial charge is 0.495 e. The second-order valence-electron chi connectivity index (χ2n) is 8.24. The monoisotopic (exact) mass is 477 g/mol. The lowest BCUT2D eigenvalue weighted by Gasteiger charge is -2.41. The fourth-order valence-corrected chi connectivity index (χ4v) is 5.69. The molecule has 4 atom stereocenters. The first-order valence-corrected chi connectivity index (χ1v) is 12.5. The molecule has 0 saturated carbocycles. The Hall–Kier alpha value is -2.21. The van der Waals surface area contributed by atoms with Gasteiger partial charge in [-0.25, -0.2) is 13.1 Å². The van der Waals surface area contributed by atoms with E-state index >= 15 is 0 Å². The third-order valence-electron chi connectivity index (χ3n) is 6.33. The normalized spacial score (nSPS) is 26.5. The molecule has 4 rings (SSSR count). The molecule has 2 fully saturated rings. The number of benzene rings is 2. The number of hydrogen-bond donors (Lipinski definition) is 3. The van der Waals surface area contributed by atoms with E-state index in [-0.39, 0.29) is 18.0 Å². The molecule has 0 aliphatic carbocycles. The van der Waals surface area contributed by atoms with Crippen LogP contribution in [0.2, 0.25) is 0 Å². The highest BCUT2D eigenvalue weighted by Gasteiger charge is 2.47. The van der Waals surface area contributed by atoms with Crippen molar-refractivity contribution in [3.63, 3.8) is 0 Å². The van der Waals surface area contributed by atoms with Gasteiger partial charge in [0.2, 0.25) is 10.0 Å². The van der Waals surface area contributed by atoms with Gasteiger partial charge in [0.05, 0.1) is 36.4 Å². The van der Waals surface area contributed by atoms with E-state index in [0.717, 1.165) is 24.5 Å². The van der Waals surface area contributed by atoms with Gasteiger partial charge in [0.15, 0.2) is 0 Å². The number of nitrogens with one attached hydrogen (secondary N) is 1. The first kappa shape index (κ1) is 23.9. The molecule has 0 bridgehead atoms. The van der Waals surface area contributed by atoms with E-state index in [9.17, 15) is 18.6 Å². The number of ether oxygens (including phenoxy) is 2. The number of aliphatic hydroxyl groups excluding tert-OH is 2. The number of para-hydroxylation sites is 2. The Kier molecular flexibility index (Phi) is 7.52. The lowest BCUT2D eigenvalue weighted by Crippen LogP contribution is -2.57. The van der Waals surface area contributed by atoms with Gasteiger partial charge in [0.25, 0.3) is 0 Å². The van der Waals surface area contributed by atoms with Crippen molar-refractivity contribution in [3.8, 4) is 5.75 Å². The minimum atomic E-state index is -3.71. The molecule has 0 amide bonds. The summed E-state index contributed by atoms with van der Waals surface area (Å²) >= 11 is 0. The van der Waals surface area contributed by atoms with Gasteiger partial charge in [-0.2, -0.15) is 0 Å². The number of anilines is 1. The minimum absolute atomic E-state index is 0.00216. The Labute approximate surface area is 194 Å². The maximum Gasteiger partial charge on any atom is 0.240 e. The molecule has 180 valence electrons. The van der Waals surface area contributed by atoms with Crippen molar-refractivity contribution >= 4 is 15.7 Å². The second kappa shape index (κ2) is 10.4. The summed E-state index contributed by atoms with van der Waals surface area (Å²) in [4.78, 5) is 4.52. The van der Waals surface area contributed by atoms with Crippen molar-refractivity contribution in [1.82, 2.24) is 9.62 Å². The number of nitrogens with zero attached hydrogens (tertiary/aromatic N) is 2. The van der Waals surface area contributed by atoms with Gasteiger partial charge in [-0.1, -0.05) is 30.3 Å². The summed E-state index contributed by atoms with van der Waals surface area (Å²) in [6.07, 6.45) is -2.26. The highest BCUT2D eigenvalue weighted by molar-refractivity contribution is 7.89. The van der Waals surface area contributed by atoms with Gasteiger partial charge in [0, 0.05) is 32.7 Å². The summed E-state index contributed by atoms with van der Waals surface area (Å²) in [5, 5.41) is 20.5. The molecule has 2 heterocycles. The molecule has 2 aromatic rings. The third-order valence-corrected chi connectivity index (χ3v) is 7.77. The smallest absolute Gasteiger partial charge is 0.240 e. The first-order valence-electron chi connectivity index (χ1n) is 11.1. The van der Waals surface area contributed by atoms with Crippen LogP contribution in [0.3, 0.4) is 0 Å². The van der Waals surface area contributed by atoms with Gasteiger partial charge < -0.3 is 24.6 Å². The van der Waals surface area contributed by atoms with Crippen molar-refractivity contribution in [3.05, 3.63) is 54.6 Å². The summed E-state index contributed by atoms with van der Waals surface area (Å²) in [6.45, 7) is 2.42. The molecule has 2 aliphatic heterocycles. The molecule has 2 aliphatic rings. The lowest BCUT2D eigenvalue weighted by molar-refractivity contribution is -0.0201. The number of piperazine rings is 1. The zero-order chi connectivity index (χ0) is 23.4. The Morgan fingerprint density at radius 2 is 1.70 bits per heavy atom. The van der Waals surface area contributed by atoms with Crippen molar-refractivity contribution in [1.29, 1.82) is 0 Å². The summed E-state index contributed by atoms with van der Waals surface area (Å²) in [7, 11) is -2.06. The number of methoxy groups -OCH3 is 1. The van der Waals surface area contributed by atoms with Gasteiger partial charge in [-0.15, -0.1) is 0 Å². The fourth-order valence-electron chi connectivity index (χ4n) is 4.62. The zero-order valence-corrected chi connectivity index (χ0v) is 19.4. The first-order chi connectivity index (χ1) is 15.9. The number of aliphatic hydroxyl groups is 2. The highest BCUT2D eigenvalue weighted by atomic mass is 32.2. The van der Waals surface area contributed by atoms with Gasteiger partial charge in [0.1, 0.15) is 18.0 Å². The molecule has 4 unspecified atom stereocenters. The van der Waals surface area contributed by atoms with Crippen LogP contribution < -0.4 is 14.4 Å². The molecule has 2 saturated heterocycles. The Bertz CT molecular complexity index is 1010. The van der Waals surface area contributed by atoms with Crippen LogP contribution in [0.4, 0.5) is 5.69 Å². The van der Waals surface area contributed by atoms with Crippen LogP contribution >= 0.6 is 0 Å². The summed E-state index contributed by atoms with van der Waals surface area (Å²) in [5.41, 5.74) is 1.02. The van der Waals surface area contributed by atoms with E-state index in [2.05, 4.69) is 14.5 Å². The van der Waals surface area contributed by atoms with Crippen LogP contribution in [0, 0.1) is 0 Å². The van der Waals surface area contributed by atoms with Gasteiger partial charge >= 0.3 is 0 Å².